The fraction of sp³-hybridized carbons (Fsp3) is 0.357. The SMILES string of the molecule is C[C@H](CCn1cccn1)OCc1ccccc1. The normalized spacial score (nSPS) is 12.5. The van der Waals surface area contributed by atoms with E-state index < -0.39 is 0 Å². The maximum Gasteiger partial charge on any atom is 0.0720 e. The molecule has 90 valence electrons. The van der Waals surface area contributed by atoms with E-state index >= 15 is 0 Å². The van der Waals surface area contributed by atoms with Crippen LogP contribution in [0.1, 0.15) is 18.9 Å². The zero-order valence-corrected chi connectivity index (χ0v) is 10.1. The number of ether oxygens (including phenoxy) is 1. The van der Waals surface area contributed by atoms with Crippen LogP contribution >= 0.6 is 0 Å². The van der Waals surface area contributed by atoms with E-state index in [9.17, 15) is 0 Å². The maximum absolute atomic E-state index is 5.79. The van der Waals surface area contributed by atoms with Crippen LogP contribution in [0.15, 0.2) is 48.8 Å². The highest BCUT2D eigenvalue weighted by atomic mass is 16.5. The van der Waals surface area contributed by atoms with Gasteiger partial charge in [0, 0.05) is 18.9 Å². The Morgan fingerprint density at radius 3 is 2.76 bits per heavy atom. The molecular formula is C14H18N2O. The van der Waals surface area contributed by atoms with E-state index in [1.54, 1.807) is 6.20 Å². The van der Waals surface area contributed by atoms with Crippen LogP contribution in [0.2, 0.25) is 0 Å². The molecule has 2 aromatic rings. The monoisotopic (exact) mass is 230 g/mol. The average molecular weight is 230 g/mol. The minimum Gasteiger partial charge on any atom is -0.374 e. The van der Waals surface area contributed by atoms with Gasteiger partial charge in [0.1, 0.15) is 0 Å². The van der Waals surface area contributed by atoms with E-state index in [0.717, 1.165) is 13.0 Å². The molecule has 0 saturated heterocycles. The van der Waals surface area contributed by atoms with E-state index in [4.69, 9.17) is 4.74 Å². The van der Waals surface area contributed by atoms with Crippen molar-refractivity contribution in [2.24, 2.45) is 0 Å². The Labute approximate surface area is 102 Å². The summed E-state index contributed by atoms with van der Waals surface area (Å²) in [4.78, 5) is 0. The lowest BCUT2D eigenvalue weighted by Gasteiger charge is -2.13. The number of benzene rings is 1. The van der Waals surface area contributed by atoms with Gasteiger partial charge >= 0.3 is 0 Å². The van der Waals surface area contributed by atoms with Gasteiger partial charge in [0.15, 0.2) is 0 Å². The summed E-state index contributed by atoms with van der Waals surface area (Å²) in [6, 6.07) is 12.2. The topological polar surface area (TPSA) is 27.1 Å². The second-order valence-corrected chi connectivity index (χ2v) is 4.17. The fourth-order valence-electron chi connectivity index (χ4n) is 1.64. The largest absolute Gasteiger partial charge is 0.374 e. The quantitative estimate of drug-likeness (QED) is 0.763. The van der Waals surface area contributed by atoms with E-state index in [1.165, 1.54) is 5.56 Å². The standard InChI is InChI=1S/C14H18N2O/c1-13(8-11-16-10-5-9-15-16)17-12-14-6-3-2-4-7-14/h2-7,9-10,13H,8,11-12H2,1H3/t13-/m1/s1. The predicted octanol–water partition coefficient (Wildman–Crippen LogP) is 2.88. The molecule has 1 atom stereocenters. The van der Waals surface area contributed by atoms with Gasteiger partial charge in [-0.15, -0.1) is 0 Å². The molecule has 0 radical (unpaired) electrons. The smallest absolute Gasteiger partial charge is 0.0720 e. The summed E-state index contributed by atoms with van der Waals surface area (Å²) in [5, 5.41) is 4.17. The minimum absolute atomic E-state index is 0.249. The van der Waals surface area contributed by atoms with Gasteiger partial charge in [0.05, 0.1) is 12.7 Å². The molecule has 0 saturated carbocycles. The zero-order valence-electron chi connectivity index (χ0n) is 10.1. The van der Waals surface area contributed by atoms with Gasteiger partial charge < -0.3 is 4.74 Å². The summed E-state index contributed by atoms with van der Waals surface area (Å²) in [6.07, 6.45) is 5.01. The summed E-state index contributed by atoms with van der Waals surface area (Å²) in [6.45, 7) is 3.69. The molecule has 0 bridgehead atoms. The van der Waals surface area contributed by atoms with Crippen LogP contribution < -0.4 is 0 Å². The Morgan fingerprint density at radius 1 is 1.24 bits per heavy atom. The Kier molecular flexibility index (Phi) is 4.33. The molecule has 1 aromatic heterocycles. The number of aryl methyl sites for hydroxylation is 1. The molecule has 0 fully saturated rings. The number of hydrogen-bond donors (Lipinski definition) is 0. The number of aromatic nitrogens is 2. The van der Waals surface area contributed by atoms with E-state index in [2.05, 4.69) is 24.2 Å². The van der Waals surface area contributed by atoms with Gasteiger partial charge in [0.25, 0.3) is 0 Å². The highest BCUT2D eigenvalue weighted by Gasteiger charge is 2.03. The molecule has 2 rings (SSSR count). The van der Waals surface area contributed by atoms with Crippen LogP contribution in [0.5, 0.6) is 0 Å². The Hall–Kier alpha value is -1.61. The second kappa shape index (κ2) is 6.21. The number of nitrogens with zero attached hydrogens (tertiary/aromatic N) is 2. The molecule has 0 N–H and O–H groups in total. The van der Waals surface area contributed by atoms with Crippen LogP contribution in [0, 0.1) is 0 Å². The van der Waals surface area contributed by atoms with Crippen molar-refractivity contribution in [2.45, 2.75) is 32.6 Å². The molecule has 17 heavy (non-hydrogen) atoms. The van der Waals surface area contributed by atoms with Gasteiger partial charge in [-0.1, -0.05) is 30.3 Å². The van der Waals surface area contributed by atoms with Crippen molar-refractivity contribution in [1.29, 1.82) is 0 Å². The molecule has 0 spiro atoms. The van der Waals surface area contributed by atoms with Crippen molar-refractivity contribution in [3.63, 3.8) is 0 Å². The third-order valence-electron chi connectivity index (χ3n) is 2.70. The van der Waals surface area contributed by atoms with Gasteiger partial charge in [0.2, 0.25) is 0 Å². The molecule has 0 aliphatic heterocycles. The third kappa shape index (κ3) is 4.04. The molecule has 0 unspecified atom stereocenters. The summed E-state index contributed by atoms with van der Waals surface area (Å²) in [5.41, 5.74) is 1.22. The molecule has 0 aliphatic carbocycles. The molecule has 3 heteroatoms. The Bertz CT molecular complexity index is 411. The first kappa shape index (κ1) is 11.9. The molecule has 0 aliphatic rings. The van der Waals surface area contributed by atoms with E-state index in [1.807, 2.05) is 35.1 Å². The lowest BCUT2D eigenvalue weighted by molar-refractivity contribution is 0.0442. The van der Waals surface area contributed by atoms with Crippen molar-refractivity contribution in [3.05, 3.63) is 54.4 Å². The summed E-state index contributed by atoms with van der Waals surface area (Å²) >= 11 is 0. The van der Waals surface area contributed by atoms with Crippen molar-refractivity contribution < 1.29 is 4.74 Å². The maximum atomic E-state index is 5.79. The molecule has 0 amide bonds. The molecular weight excluding hydrogens is 212 g/mol. The van der Waals surface area contributed by atoms with E-state index in [-0.39, 0.29) is 6.10 Å². The third-order valence-corrected chi connectivity index (χ3v) is 2.70. The van der Waals surface area contributed by atoms with E-state index in [0.29, 0.717) is 6.61 Å². The molecule has 1 aromatic carbocycles. The van der Waals surface area contributed by atoms with Crippen molar-refractivity contribution in [2.75, 3.05) is 0 Å². The Balaban J connectivity index is 1.69. The highest BCUT2D eigenvalue weighted by Crippen LogP contribution is 2.06. The van der Waals surface area contributed by atoms with Crippen molar-refractivity contribution in [3.8, 4) is 0 Å². The molecule has 3 nitrogen and oxygen atoms in total. The Morgan fingerprint density at radius 2 is 2.06 bits per heavy atom. The summed E-state index contributed by atoms with van der Waals surface area (Å²) < 4.78 is 7.72. The lowest BCUT2D eigenvalue weighted by Crippen LogP contribution is -2.12. The summed E-state index contributed by atoms with van der Waals surface area (Å²) in [5.74, 6) is 0. The van der Waals surface area contributed by atoms with Gasteiger partial charge in [-0.05, 0) is 25.0 Å². The second-order valence-electron chi connectivity index (χ2n) is 4.17. The van der Waals surface area contributed by atoms with Crippen LogP contribution in [0.4, 0.5) is 0 Å². The van der Waals surface area contributed by atoms with Gasteiger partial charge in [-0.2, -0.15) is 5.10 Å². The van der Waals surface area contributed by atoms with Crippen LogP contribution in [-0.4, -0.2) is 15.9 Å². The number of hydrogen-bond acceptors (Lipinski definition) is 2. The van der Waals surface area contributed by atoms with Crippen LogP contribution in [0.25, 0.3) is 0 Å². The minimum atomic E-state index is 0.249. The van der Waals surface area contributed by atoms with Crippen molar-refractivity contribution >= 4 is 0 Å². The van der Waals surface area contributed by atoms with Crippen LogP contribution in [0.3, 0.4) is 0 Å². The average Bonchev–Trinajstić information content (AvgIpc) is 2.88. The summed E-state index contributed by atoms with van der Waals surface area (Å²) in [7, 11) is 0. The predicted molar refractivity (Wildman–Crippen MR) is 67.5 cm³/mol. The van der Waals surface area contributed by atoms with Crippen LogP contribution in [-0.2, 0) is 17.9 Å². The highest BCUT2D eigenvalue weighted by molar-refractivity contribution is 5.13. The first-order valence-corrected chi connectivity index (χ1v) is 5.97. The van der Waals surface area contributed by atoms with Gasteiger partial charge in [-0.25, -0.2) is 0 Å². The first-order valence-electron chi connectivity index (χ1n) is 5.97. The molecule has 1 heterocycles. The van der Waals surface area contributed by atoms with Gasteiger partial charge in [-0.3, -0.25) is 4.68 Å². The number of rotatable bonds is 6. The zero-order chi connectivity index (χ0) is 11.9. The van der Waals surface area contributed by atoms with Crippen molar-refractivity contribution in [1.82, 2.24) is 9.78 Å². The lowest BCUT2D eigenvalue weighted by atomic mass is 10.2. The first-order chi connectivity index (χ1) is 8.34. The fourth-order valence-corrected chi connectivity index (χ4v) is 1.64.